The molecule has 0 radical (unpaired) electrons. The molecule has 3 rings (SSSR count). The van der Waals surface area contributed by atoms with Crippen molar-refractivity contribution in [1.82, 2.24) is 15.3 Å². The lowest BCUT2D eigenvalue weighted by molar-refractivity contribution is 0.0882. The van der Waals surface area contributed by atoms with Gasteiger partial charge in [-0.3, -0.25) is 0 Å². The van der Waals surface area contributed by atoms with Crippen LogP contribution in [0, 0.1) is 0 Å². The molecule has 0 aromatic carbocycles. The van der Waals surface area contributed by atoms with Crippen molar-refractivity contribution in [3.05, 3.63) is 18.2 Å². The summed E-state index contributed by atoms with van der Waals surface area (Å²) in [6, 6.07) is -0.131. The minimum atomic E-state index is -0.221. The molecule has 1 aromatic heterocycles. The second-order valence-electron chi connectivity index (χ2n) is 5.51. The van der Waals surface area contributed by atoms with Crippen LogP contribution in [0.1, 0.15) is 43.8 Å². The maximum absolute atomic E-state index is 11.9. The van der Waals surface area contributed by atoms with E-state index in [1.807, 2.05) is 0 Å². The molecule has 0 bridgehead atoms. The first kappa shape index (κ1) is 13.3. The van der Waals surface area contributed by atoms with Gasteiger partial charge in [-0.15, -0.1) is 0 Å². The summed E-state index contributed by atoms with van der Waals surface area (Å²) in [5.74, 6) is 1.41. The monoisotopic (exact) mass is 276 g/mol. The Morgan fingerprint density at radius 3 is 2.65 bits per heavy atom. The van der Waals surface area contributed by atoms with E-state index in [4.69, 9.17) is 4.74 Å². The molecule has 2 aliphatic rings. The Bertz CT molecular complexity index is 473. The van der Waals surface area contributed by atoms with Crippen molar-refractivity contribution in [1.29, 1.82) is 0 Å². The standard InChI is InChI=1S/C14H20N4O2/c1-20-12-4-2-3-11(12)18-14(19)17-10-7-15-13(16-8-10)9-5-6-9/h7-9,11-12H,2-6H2,1H3,(H2,17,18,19)/t11-,12+/m0/s1. The molecule has 2 atom stereocenters. The number of urea groups is 1. The Morgan fingerprint density at radius 2 is 2.00 bits per heavy atom. The fraction of sp³-hybridized carbons (Fsp3) is 0.643. The highest BCUT2D eigenvalue weighted by Gasteiger charge is 2.28. The number of nitrogens with one attached hydrogen (secondary N) is 2. The number of carbonyl (C=O) groups excluding carboxylic acids is 1. The lowest BCUT2D eigenvalue weighted by atomic mass is 10.2. The van der Waals surface area contributed by atoms with E-state index >= 15 is 0 Å². The Labute approximate surface area is 118 Å². The van der Waals surface area contributed by atoms with E-state index < -0.39 is 0 Å². The predicted molar refractivity (Wildman–Crippen MR) is 74.6 cm³/mol. The summed E-state index contributed by atoms with van der Waals surface area (Å²) in [6.45, 7) is 0. The molecule has 2 fully saturated rings. The molecular formula is C14H20N4O2. The number of carbonyl (C=O) groups is 1. The van der Waals surface area contributed by atoms with Gasteiger partial charge in [0.15, 0.2) is 0 Å². The molecule has 2 N–H and O–H groups in total. The highest BCUT2D eigenvalue weighted by atomic mass is 16.5. The fourth-order valence-electron chi connectivity index (χ4n) is 2.66. The van der Waals surface area contributed by atoms with Crippen molar-refractivity contribution in [3.8, 4) is 0 Å². The number of rotatable bonds is 4. The van der Waals surface area contributed by atoms with Gasteiger partial charge in [0.2, 0.25) is 0 Å². The van der Waals surface area contributed by atoms with Gasteiger partial charge in [0.1, 0.15) is 5.82 Å². The van der Waals surface area contributed by atoms with Gasteiger partial charge in [-0.05, 0) is 32.1 Å². The number of ether oxygens (including phenoxy) is 1. The van der Waals surface area contributed by atoms with E-state index in [0.29, 0.717) is 11.6 Å². The van der Waals surface area contributed by atoms with Crippen molar-refractivity contribution >= 4 is 11.7 Å². The van der Waals surface area contributed by atoms with Crippen LogP contribution in [-0.2, 0) is 4.74 Å². The van der Waals surface area contributed by atoms with Gasteiger partial charge in [0.25, 0.3) is 0 Å². The molecule has 2 saturated carbocycles. The number of methoxy groups -OCH3 is 1. The molecule has 108 valence electrons. The molecule has 20 heavy (non-hydrogen) atoms. The van der Waals surface area contributed by atoms with E-state index in [9.17, 15) is 4.79 Å². The van der Waals surface area contributed by atoms with Gasteiger partial charge < -0.3 is 15.4 Å². The zero-order chi connectivity index (χ0) is 13.9. The van der Waals surface area contributed by atoms with E-state index in [0.717, 1.165) is 25.1 Å². The molecule has 2 aliphatic carbocycles. The van der Waals surface area contributed by atoms with Crippen molar-refractivity contribution in [2.75, 3.05) is 12.4 Å². The van der Waals surface area contributed by atoms with Crippen LogP contribution < -0.4 is 10.6 Å². The van der Waals surface area contributed by atoms with Gasteiger partial charge in [-0.2, -0.15) is 0 Å². The van der Waals surface area contributed by atoms with Crippen LogP contribution in [0.2, 0.25) is 0 Å². The van der Waals surface area contributed by atoms with Gasteiger partial charge in [-0.1, -0.05) is 0 Å². The Kier molecular flexibility index (Phi) is 3.82. The molecule has 0 saturated heterocycles. The summed E-state index contributed by atoms with van der Waals surface area (Å²) in [7, 11) is 1.69. The molecule has 0 aliphatic heterocycles. The van der Waals surface area contributed by atoms with Crippen LogP contribution in [0.25, 0.3) is 0 Å². The minimum Gasteiger partial charge on any atom is -0.379 e. The van der Waals surface area contributed by atoms with E-state index in [-0.39, 0.29) is 18.2 Å². The topological polar surface area (TPSA) is 76.1 Å². The van der Waals surface area contributed by atoms with Crippen molar-refractivity contribution in [2.24, 2.45) is 0 Å². The third kappa shape index (κ3) is 3.07. The second-order valence-corrected chi connectivity index (χ2v) is 5.51. The molecule has 1 aromatic rings. The molecule has 0 spiro atoms. The number of hydrogen-bond acceptors (Lipinski definition) is 4. The second kappa shape index (κ2) is 5.75. The zero-order valence-electron chi connectivity index (χ0n) is 11.6. The van der Waals surface area contributed by atoms with Crippen LogP contribution in [0.4, 0.5) is 10.5 Å². The van der Waals surface area contributed by atoms with Crippen molar-refractivity contribution in [3.63, 3.8) is 0 Å². The van der Waals surface area contributed by atoms with Crippen LogP contribution in [0.3, 0.4) is 0 Å². The molecular weight excluding hydrogens is 256 g/mol. The first-order chi connectivity index (χ1) is 9.76. The Morgan fingerprint density at radius 1 is 1.25 bits per heavy atom. The molecule has 6 heteroatoms. The van der Waals surface area contributed by atoms with Gasteiger partial charge in [-0.25, -0.2) is 14.8 Å². The van der Waals surface area contributed by atoms with Crippen LogP contribution in [0.5, 0.6) is 0 Å². The lowest BCUT2D eigenvalue weighted by Crippen LogP contribution is -2.42. The number of aromatic nitrogens is 2. The van der Waals surface area contributed by atoms with Crippen molar-refractivity contribution in [2.45, 2.75) is 50.2 Å². The third-order valence-electron chi connectivity index (χ3n) is 3.94. The number of amides is 2. The highest BCUT2D eigenvalue weighted by Crippen LogP contribution is 2.37. The molecule has 2 amide bonds. The van der Waals surface area contributed by atoms with Crippen molar-refractivity contribution < 1.29 is 9.53 Å². The predicted octanol–water partition coefficient (Wildman–Crippen LogP) is 2.04. The van der Waals surface area contributed by atoms with Gasteiger partial charge in [0.05, 0.1) is 30.2 Å². The number of hydrogen-bond donors (Lipinski definition) is 2. The average Bonchev–Trinajstić information content (AvgIpc) is 3.20. The molecule has 0 unspecified atom stereocenters. The summed E-state index contributed by atoms with van der Waals surface area (Å²) < 4.78 is 5.36. The van der Waals surface area contributed by atoms with Gasteiger partial charge >= 0.3 is 6.03 Å². The SMILES string of the molecule is CO[C@@H]1CCC[C@@H]1NC(=O)Nc1cnc(C2CC2)nc1. The largest absolute Gasteiger partial charge is 0.379 e. The number of anilines is 1. The summed E-state index contributed by atoms with van der Waals surface area (Å²) in [6.07, 6.45) is 8.85. The quantitative estimate of drug-likeness (QED) is 0.882. The smallest absolute Gasteiger partial charge is 0.319 e. The lowest BCUT2D eigenvalue weighted by Gasteiger charge is -2.19. The third-order valence-corrected chi connectivity index (χ3v) is 3.94. The Hall–Kier alpha value is -1.69. The highest BCUT2D eigenvalue weighted by molar-refractivity contribution is 5.89. The summed E-state index contributed by atoms with van der Waals surface area (Å²) in [4.78, 5) is 20.5. The Balaban J connectivity index is 1.52. The summed E-state index contributed by atoms with van der Waals surface area (Å²) in [5, 5.41) is 5.72. The first-order valence-corrected chi connectivity index (χ1v) is 7.18. The minimum absolute atomic E-state index is 0.0895. The summed E-state index contributed by atoms with van der Waals surface area (Å²) in [5.41, 5.74) is 0.624. The maximum Gasteiger partial charge on any atom is 0.319 e. The molecule has 6 nitrogen and oxygen atoms in total. The van der Waals surface area contributed by atoms with E-state index in [1.54, 1.807) is 19.5 Å². The van der Waals surface area contributed by atoms with Crippen LogP contribution in [-0.4, -0.2) is 35.3 Å². The zero-order valence-corrected chi connectivity index (χ0v) is 11.6. The van der Waals surface area contributed by atoms with Crippen LogP contribution >= 0.6 is 0 Å². The summed E-state index contributed by atoms with van der Waals surface area (Å²) >= 11 is 0. The van der Waals surface area contributed by atoms with E-state index in [2.05, 4.69) is 20.6 Å². The fourth-order valence-corrected chi connectivity index (χ4v) is 2.66. The average molecular weight is 276 g/mol. The van der Waals surface area contributed by atoms with Gasteiger partial charge in [0, 0.05) is 13.0 Å². The number of nitrogens with zero attached hydrogens (tertiary/aromatic N) is 2. The van der Waals surface area contributed by atoms with Crippen LogP contribution in [0.15, 0.2) is 12.4 Å². The normalized spacial score (nSPS) is 25.4. The first-order valence-electron chi connectivity index (χ1n) is 7.18. The molecule has 1 heterocycles. The van der Waals surface area contributed by atoms with E-state index in [1.165, 1.54) is 12.8 Å². The maximum atomic E-state index is 11.9.